The van der Waals surface area contributed by atoms with Gasteiger partial charge in [-0.1, -0.05) is 35.5 Å². The van der Waals surface area contributed by atoms with Gasteiger partial charge in [0.2, 0.25) is 5.91 Å². The number of carbonyl (C=O) groups is 1. The van der Waals surface area contributed by atoms with Crippen molar-refractivity contribution in [3.05, 3.63) is 48.3 Å². The maximum Gasteiger partial charge on any atom is 0.227 e. The first kappa shape index (κ1) is 11.0. The average Bonchev–Trinajstić information content (AvgIpc) is 3.01. The topological polar surface area (TPSA) is 59.8 Å². The van der Waals surface area contributed by atoms with Crippen molar-refractivity contribution >= 4 is 5.91 Å². The molecule has 0 saturated carbocycles. The standard InChI is InChI=1S/C13H14N4O/c18-13-12(10-4-2-1-3-5-10)8-11(15-13)9-17-7-6-14-16-17/h1-7,11-12H,8-9H2,(H,15,18)/t11?,12-/m1/s1. The molecular formula is C13H14N4O. The van der Waals surface area contributed by atoms with Crippen LogP contribution in [0.1, 0.15) is 17.9 Å². The van der Waals surface area contributed by atoms with Gasteiger partial charge in [-0.25, -0.2) is 0 Å². The minimum Gasteiger partial charge on any atom is -0.351 e. The van der Waals surface area contributed by atoms with Crippen molar-refractivity contribution in [2.24, 2.45) is 0 Å². The van der Waals surface area contributed by atoms with Gasteiger partial charge in [0.1, 0.15) is 0 Å². The van der Waals surface area contributed by atoms with E-state index in [1.165, 1.54) is 0 Å². The van der Waals surface area contributed by atoms with Crippen molar-refractivity contribution in [3.8, 4) is 0 Å². The number of benzene rings is 1. The van der Waals surface area contributed by atoms with Gasteiger partial charge in [-0.2, -0.15) is 0 Å². The number of nitrogens with one attached hydrogen (secondary N) is 1. The highest BCUT2D eigenvalue weighted by Crippen LogP contribution is 2.27. The maximum absolute atomic E-state index is 12.0. The van der Waals surface area contributed by atoms with Crippen molar-refractivity contribution in [2.75, 3.05) is 0 Å². The average molecular weight is 242 g/mol. The van der Waals surface area contributed by atoms with Crippen molar-refractivity contribution in [3.63, 3.8) is 0 Å². The summed E-state index contributed by atoms with van der Waals surface area (Å²) in [5.41, 5.74) is 1.08. The van der Waals surface area contributed by atoms with Crippen LogP contribution in [0.3, 0.4) is 0 Å². The molecule has 1 saturated heterocycles. The quantitative estimate of drug-likeness (QED) is 0.871. The summed E-state index contributed by atoms with van der Waals surface area (Å²) in [6.07, 6.45) is 4.26. The van der Waals surface area contributed by atoms with Crippen molar-refractivity contribution in [1.29, 1.82) is 0 Å². The third-order valence-electron chi connectivity index (χ3n) is 3.26. The second-order valence-corrected chi connectivity index (χ2v) is 4.53. The van der Waals surface area contributed by atoms with Crippen LogP contribution in [0.15, 0.2) is 42.7 Å². The second-order valence-electron chi connectivity index (χ2n) is 4.53. The van der Waals surface area contributed by atoms with Crippen LogP contribution in [0.2, 0.25) is 0 Å². The zero-order valence-corrected chi connectivity index (χ0v) is 9.86. The fourth-order valence-corrected chi connectivity index (χ4v) is 2.40. The van der Waals surface area contributed by atoms with E-state index < -0.39 is 0 Å². The first-order valence-electron chi connectivity index (χ1n) is 6.02. The van der Waals surface area contributed by atoms with Gasteiger partial charge >= 0.3 is 0 Å². The molecule has 1 aromatic carbocycles. The van der Waals surface area contributed by atoms with E-state index in [0.29, 0.717) is 6.54 Å². The minimum atomic E-state index is -0.0419. The Morgan fingerprint density at radius 3 is 2.89 bits per heavy atom. The summed E-state index contributed by atoms with van der Waals surface area (Å²) in [6.45, 7) is 0.676. The summed E-state index contributed by atoms with van der Waals surface area (Å²) in [5, 5.41) is 10.7. The van der Waals surface area contributed by atoms with Gasteiger partial charge in [-0.15, -0.1) is 5.10 Å². The summed E-state index contributed by atoms with van der Waals surface area (Å²) in [4.78, 5) is 12.0. The normalized spacial score (nSPS) is 23.0. The Hall–Kier alpha value is -2.17. The number of nitrogens with zero attached hydrogens (tertiary/aromatic N) is 3. The predicted molar refractivity (Wildman–Crippen MR) is 65.8 cm³/mol. The molecular weight excluding hydrogens is 228 g/mol. The number of rotatable bonds is 3. The van der Waals surface area contributed by atoms with Crippen LogP contribution in [-0.2, 0) is 11.3 Å². The lowest BCUT2D eigenvalue weighted by atomic mass is 9.96. The third kappa shape index (κ3) is 2.11. The molecule has 18 heavy (non-hydrogen) atoms. The molecule has 1 aliphatic rings. The van der Waals surface area contributed by atoms with Gasteiger partial charge in [0.15, 0.2) is 0 Å². The van der Waals surface area contributed by atoms with E-state index in [-0.39, 0.29) is 17.9 Å². The molecule has 1 aromatic heterocycles. The molecule has 1 fully saturated rings. The van der Waals surface area contributed by atoms with E-state index in [1.807, 2.05) is 36.5 Å². The molecule has 92 valence electrons. The molecule has 5 heteroatoms. The molecule has 3 rings (SSSR count). The van der Waals surface area contributed by atoms with Crippen LogP contribution in [-0.4, -0.2) is 26.9 Å². The Morgan fingerprint density at radius 2 is 2.17 bits per heavy atom. The SMILES string of the molecule is O=C1NC(Cn2ccnn2)C[C@@H]1c1ccccc1. The largest absolute Gasteiger partial charge is 0.351 e. The summed E-state index contributed by atoms with van der Waals surface area (Å²) in [5.74, 6) is 0.0611. The molecule has 2 aromatic rings. The molecule has 1 amide bonds. The van der Waals surface area contributed by atoms with Gasteiger partial charge < -0.3 is 5.32 Å². The van der Waals surface area contributed by atoms with Crippen LogP contribution in [0, 0.1) is 0 Å². The second kappa shape index (κ2) is 4.60. The van der Waals surface area contributed by atoms with E-state index >= 15 is 0 Å². The highest BCUT2D eigenvalue weighted by atomic mass is 16.2. The van der Waals surface area contributed by atoms with Gasteiger partial charge in [-0.3, -0.25) is 9.48 Å². The zero-order chi connectivity index (χ0) is 12.4. The molecule has 2 heterocycles. The molecule has 1 N–H and O–H groups in total. The minimum absolute atomic E-state index is 0.0419. The van der Waals surface area contributed by atoms with Crippen molar-refractivity contribution in [1.82, 2.24) is 20.3 Å². The lowest BCUT2D eigenvalue weighted by molar-refractivity contribution is -0.120. The smallest absolute Gasteiger partial charge is 0.227 e. The van der Waals surface area contributed by atoms with E-state index in [9.17, 15) is 4.79 Å². The molecule has 0 bridgehead atoms. The fraction of sp³-hybridized carbons (Fsp3) is 0.308. The lowest BCUT2D eigenvalue weighted by Gasteiger charge is -2.09. The van der Waals surface area contributed by atoms with E-state index in [0.717, 1.165) is 12.0 Å². The number of carbonyl (C=O) groups excluding carboxylic acids is 1. The first-order chi connectivity index (χ1) is 8.83. The van der Waals surface area contributed by atoms with Crippen molar-refractivity contribution in [2.45, 2.75) is 24.9 Å². The molecule has 0 aliphatic carbocycles. The Balaban J connectivity index is 1.71. The Morgan fingerprint density at radius 1 is 1.33 bits per heavy atom. The van der Waals surface area contributed by atoms with Gasteiger partial charge in [-0.05, 0) is 12.0 Å². The van der Waals surface area contributed by atoms with Gasteiger partial charge in [0, 0.05) is 12.2 Å². The highest BCUT2D eigenvalue weighted by molar-refractivity contribution is 5.86. The lowest BCUT2D eigenvalue weighted by Crippen LogP contribution is -2.30. The van der Waals surface area contributed by atoms with Gasteiger partial charge in [0.05, 0.1) is 18.7 Å². The Bertz CT molecular complexity index is 523. The van der Waals surface area contributed by atoms with Crippen LogP contribution < -0.4 is 5.32 Å². The summed E-state index contributed by atoms with van der Waals surface area (Å²) < 4.78 is 1.75. The number of hydrogen-bond donors (Lipinski definition) is 1. The van der Waals surface area contributed by atoms with E-state index in [4.69, 9.17) is 0 Å². The molecule has 1 aliphatic heterocycles. The monoisotopic (exact) mass is 242 g/mol. The van der Waals surface area contributed by atoms with Crippen LogP contribution in [0.5, 0.6) is 0 Å². The van der Waals surface area contributed by atoms with Gasteiger partial charge in [0.25, 0.3) is 0 Å². The van der Waals surface area contributed by atoms with E-state index in [1.54, 1.807) is 10.9 Å². The van der Waals surface area contributed by atoms with Crippen LogP contribution in [0.25, 0.3) is 0 Å². The first-order valence-corrected chi connectivity index (χ1v) is 6.02. The zero-order valence-electron chi connectivity index (χ0n) is 9.86. The summed E-state index contributed by atoms with van der Waals surface area (Å²) in [6, 6.07) is 10.0. The fourth-order valence-electron chi connectivity index (χ4n) is 2.40. The molecule has 0 spiro atoms. The Labute approximate surface area is 105 Å². The summed E-state index contributed by atoms with van der Waals surface area (Å²) in [7, 11) is 0. The van der Waals surface area contributed by atoms with Crippen LogP contribution >= 0.6 is 0 Å². The molecule has 1 unspecified atom stereocenters. The Kier molecular flexibility index (Phi) is 2.80. The number of hydrogen-bond acceptors (Lipinski definition) is 3. The maximum atomic E-state index is 12.0. The van der Waals surface area contributed by atoms with Crippen LogP contribution in [0.4, 0.5) is 0 Å². The van der Waals surface area contributed by atoms with E-state index in [2.05, 4.69) is 15.6 Å². The molecule has 5 nitrogen and oxygen atoms in total. The van der Waals surface area contributed by atoms with Crippen molar-refractivity contribution < 1.29 is 4.79 Å². The summed E-state index contributed by atoms with van der Waals surface area (Å²) >= 11 is 0. The number of amides is 1. The number of aromatic nitrogens is 3. The predicted octanol–water partition coefficient (Wildman–Crippen LogP) is 0.950. The molecule has 0 radical (unpaired) electrons. The third-order valence-corrected chi connectivity index (χ3v) is 3.26. The molecule has 2 atom stereocenters. The highest BCUT2D eigenvalue weighted by Gasteiger charge is 2.33.